The second-order valence-electron chi connectivity index (χ2n) is 7.82. The topological polar surface area (TPSA) is 62.3 Å². The molecule has 7 heteroatoms. The molecular formula is C21H29N3O4. The summed E-state index contributed by atoms with van der Waals surface area (Å²) in [4.78, 5) is 31.1. The molecule has 0 bridgehead atoms. The summed E-state index contributed by atoms with van der Waals surface area (Å²) in [6.07, 6.45) is 4.49. The molecule has 3 heterocycles. The zero-order chi connectivity index (χ0) is 19.3. The van der Waals surface area contributed by atoms with Crippen molar-refractivity contribution in [2.75, 3.05) is 46.1 Å². The summed E-state index contributed by atoms with van der Waals surface area (Å²) in [5.41, 5.74) is 1.18. The number of piperazine rings is 1. The second-order valence-corrected chi connectivity index (χ2v) is 7.82. The van der Waals surface area contributed by atoms with Crippen molar-refractivity contribution in [1.29, 1.82) is 0 Å². The molecule has 0 N–H and O–H groups in total. The molecule has 28 heavy (non-hydrogen) atoms. The van der Waals surface area contributed by atoms with Gasteiger partial charge in [-0.05, 0) is 30.5 Å². The van der Waals surface area contributed by atoms with Crippen molar-refractivity contribution in [2.45, 2.75) is 38.6 Å². The quantitative estimate of drug-likeness (QED) is 0.738. The minimum absolute atomic E-state index is 0.00492. The van der Waals surface area contributed by atoms with E-state index < -0.39 is 0 Å². The van der Waals surface area contributed by atoms with E-state index in [2.05, 4.69) is 11.0 Å². The monoisotopic (exact) mass is 387 g/mol. The van der Waals surface area contributed by atoms with Crippen LogP contribution >= 0.6 is 0 Å². The van der Waals surface area contributed by atoms with Gasteiger partial charge in [0, 0.05) is 45.8 Å². The molecule has 0 spiro atoms. The summed E-state index contributed by atoms with van der Waals surface area (Å²) in [6, 6.07) is 6.04. The fraction of sp³-hybridized carbons (Fsp3) is 0.619. The number of benzene rings is 1. The molecule has 0 aliphatic carbocycles. The van der Waals surface area contributed by atoms with Crippen molar-refractivity contribution < 1.29 is 19.1 Å². The Bertz CT molecular complexity index is 708. The maximum Gasteiger partial charge on any atom is 0.232 e. The molecule has 0 radical (unpaired) electrons. The Hall–Kier alpha value is -2.28. The zero-order valence-electron chi connectivity index (χ0n) is 16.4. The van der Waals surface area contributed by atoms with E-state index in [1.54, 1.807) is 0 Å². The minimum atomic E-state index is -0.0306. The molecule has 152 valence electrons. The lowest BCUT2D eigenvalue weighted by atomic mass is 10.1. The van der Waals surface area contributed by atoms with E-state index in [1.165, 1.54) is 18.4 Å². The molecule has 0 unspecified atom stereocenters. The highest BCUT2D eigenvalue weighted by molar-refractivity contribution is 5.97. The predicted octanol–water partition coefficient (Wildman–Crippen LogP) is 1.85. The molecule has 7 nitrogen and oxygen atoms in total. The van der Waals surface area contributed by atoms with Crippen LogP contribution in [0.15, 0.2) is 18.2 Å². The van der Waals surface area contributed by atoms with Gasteiger partial charge < -0.3 is 19.3 Å². The van der Waals surface area contributed by atoms with Crippen molar-refractivity contribution in [3.8, 4) is 11.5 Å². The highest BCUT2D eigenvalue weighted by atomic mass is 16.7. The second kappa shape index (κ2) is 8.82. The largest absolute Gasteiger partial charge is 0.454 e. The average Bonchev–Trinajstić information content (AvgIpc) is 2.99. The lowest BCUT2D eigenvalue weighted by molar-refractivity contribution is -0.141. The van der Waals surface area contributed by atoms with Gasteiger partial charge in [0.05, 0.1) is 0 Å². The molecule has 2 amide bonds. The van der Waals surface area contributed by atoms with E-state index in [4.69, 9.17) is 9.47 Å². The molecule has 0 aromatic heterocycles. The van der Waals surface area contributed by atoms with Gasteiger partial charge in [-0.3, -0.25) is 14.5 Å². The normalized spacial score (nSPS) is 20.1. The molecule has 0 atom stereocenters. The molecule has 3 aliphatic heterocycles. The summed E-state index contributed by atoms with van der Waals surface area (Å²) < 4.78 is 10.8. The lowest BCUT2D eigenvalue weighted by Crippen LogP contribution is -2.49. The van der Waals surface area contributed by atoms with Crippen molar-refractivity contribution in [1.82, 2.24) is 14.7 Å². The van der Waals surface area contributed by atoms with Crippen LogP contribution in [0, 0.1) is 0 Å². The summed E-state index contributed by atoms with van der Waals surface area (Å²) >= 11 is 0. The maximum absolute atomic E-state index is 12.6. The number of hydrogen-bond donors (Lipinski definition) is 0. The van der Waals surface area contributed by atoms with Gasteiger partial charge in [0.1, 0.15) is 6.42 Å². The van der Waals surface area contributed by atoms with Gasteiger partial charge in [0.2, 0.25) is 18.6 Å². The maximum atomic E-state index is 12.6. The fourth-order valence-electron chi connectivity index (χ4n) is 4.13. The number of carbonyl (C=O) groups excluding carboxylic acids is 2. The number of fused-ring (bicyclic) bond motifs is 1. The SMILES string of the molecule is O=C(CC(=O)N1CCN(Cc2ccc3c(c2)OCO3)CC1)N1CCCCCC1. The average molecular weight is 387 g/mol. The highest BCUT2D eigenvalue weighted by Crippen LogP contribution is 2.32. The summed E-state index contributed by atoms with van der Waals surface area (Å²) in [5.74, 6) is 1.57. The van der Waals surface area contributed by atoms with Crippen molar-refractivity contribution in [3.63, 3.8) is 0 Å². The van der Waals surface area contributed by atoms with Crippen LogP contribution in [0.4, 0.5) is 0 Å². The number of likely N-dealkylation sites (tertiary alicyclic amines) is 1. The van der Waals surface area contributed by atoms with Crippen LogP contribution in [0.1, 0.15) is 37.7 Å². The van der Waals surface area contributed by atoms with Crippen LogP contribution in [-0.4, -0.2) is 72.6 Å². The van der Waals surface area contributed by atoms with E-state index in [9.17, 15) is 9.59 Å². The Labute approximate surface area is 166 Å². The molecule has 2 fully saturated rings. The first-order chi connectivity index (χ1) is 13.7. The van der Waals surface area contributed by atoms with E-state index in [-0.39, 0.29) is 25.0 Å². The fourth-order valence-corrected chi connectivity index (χ4v) is 4.13. The van der Waals surface area contributed by atoms with Gasteiger partial charge in [0.15, 0.2) is 11.5 Å². The first kappa shape index (κ1) is 19.1. The van der Waals surface area contributed by atoms with Crippen LogP contribution in [0.2, 0.25) is 0 Å². The van der Waals surface area contributed by atoms with Crippen molar-refractivity contribution >= 4 is 11.8 Å². The van der Waals surface area contributed by atoms with E-state index >= 15 is 0 Å². The summed E-state index contributed by atoms with van der Waals surface area (Å²) in [6.45, 7) is 5.70. The summed E-state index contributed by atoms with van der Waals surface area (Å²) in [7, 11) is 0. The van der Waals surface area contributed by atoms with E-state index in [0.29, 0.717) is 13.1 Å². The third-order valence-electron chi connectivity index (χ3n) is 5.83. The van der Waals surface area contributed by atoms with Crippen LogP contribution < -0.4 is 9.47 Å². The number of ether oxygens (including phenoxy) is 2. The number of amides is 2. The smallest absolute Gasteiger partial charge is 0.232 e. The molecule has 4 rings (SSSR count). The number of rotatable bonds is 4. The Morgan fingerprint density at radius 1 is 0.786 bits per heavy atom. The number of carbonyl (C=O) groups is 2. The number of hydrogen-bond acceptors (Lipinski definition) is 5. The van der Waals surface area contributed by atoms with Crippen LogP contribution in [-0.2, 0) is 16.1 Å². The Morgan fingerprint density at radius 2 is 1.43 bits per heavy atom. The van der Waals surface area contributed by atoms with Crippen LogP contribution in [0.25, 0.3) is 0 Å². The molecule has 3 aliphatic rings. The van der Waals surface area contributed by atoms with Gasteiger partial charge in [-0.2, -0.15) is 0 Å². The van der Waals surface area contributed by atoms with E-state index in [1.807, 2.05) is 21.9 Å². The van der Waals surface area contributed by atoms with Gasteiger partial charge in [-0.15, -0.1) is 0 Å². The molecule has 2 saturated heterocycles. The van der Waals surface area contributed by atoms with Gasteiger partial charge in [-0.1, -0.05) is 18.9 Å². The third-order valence-corrected chi connectivity index (χ3v) is 5.83. The molecule has 1 aromatic rings. The Morgan fingerprint density at radius 3 is 2.14 bits per heavy atom. The Kier molecular flexibility index (Phi) is 6.00. The van der Waals surface area contributed by atoms with Crippen molar-refractivity contribution in [3.05, 3.63) is 23.8 Å². The minimum Gasteiger partial charge on any atom is -0.454 e. The predicted molar refractivity (Wildman–Crippen MR) is 104 cm³/mol. The van der Waals surface area contributed by atoms with Crippen LogP contribution in [0.5, 0.6) is 11.5 Å². The lowest BCUT2D eigenvalue weighted by Gasteiger charge is -2.35. The van der Waals surface area contributed by atoms with Crippen LogP contribution in [0.3, 0.4) is 0 Å². The highest BCUT2D eigenvalue weighted by Gasteiger charge is 2.25. The summed E-state index contributed by atoms with van der Waals surface area (Å²) in [5, 5.41) is 0. The molecule has 0 saturated carbocycles. The zero-order valence-corrected chi connectivity index (χ0v) is 16.4. The van der Waals surface area contributed by atoms with Gasteiger partial charge in [0.25, 0.3) is 0 Å². The van der Waals surface area contributed by atoms with Gasteiger partial charge in [-0.25, -0.2) is 0 Å². The standard InChI is InChI=1S/C21H29N3O4/c25-20(23-7-3-1-2-4-8-23)14-21(26)24-11-9-22(10-12-24)15-17-5-6-18-19(13-17)28-16-27-18/h5-6,13H,1-4,7-12,14-16H2. The van der Waals surface area contributed by atoms with E-state index in [0.717, 1.165) is 57.1 Å². The third kappa shape index (κ3) is 4.58. The first-order valence-corrected chi connectivity index (χ1v) is 10.4. The molecule has 1 aromatic carbocycles. The van der Waals surface area contributed by atoms with Gasteiger partial charge >= 0.3 is 0 Å². The molecular weight excluding hydrogens is 358 g/mol. The Balaban J connectivity index is 1.23. The first-order valence-electron chi connectivity index (χ1n) is 10.4. The number of nitrogens with zero attached hydrogens (tertiary/aromatic N) is 3. The van der Waals surface area contributed by atoms with Crippen molar-refractivity contribution in [2.24, 2.45) is 0 Å².